The summed E-state index contributed by atoms with van der Waals surface area (Å²) < 4.78 is 21.9. The fourth-order valence-electron chi connectivity index (χ4n) is 1.96. The molecule has 2 atom stereocenters. The summed E-state index contributed by atoms with van der Waals surface area (Å²) in [7, 11) is -2.80. The summed E-state index contributed by atoms with van der Waals surface area (Å²) in [5.41, 5.74) is 5.91. The molecular formula is C9H19NO2S. The van der Waals surface area contributed by atoms with Crippen LogP contribution in [0.25, 0.3) is 0 Å². The van der Waals surface area contributed by atoms with E-state index in [1.54, 1.807) is 0 Å². The Morgan fingerprint density at radius 2 is 1.92 bits per heavy atom. The van der Waals surface area contributed by atoms with Crippen molar-refractivity contribution in [3.63, 3.8) is 0 Å². The molecular weight excluding hydrogens is 186 g/mol. The van der Waals surface area contributed by atoms with Crippen LogP contribution in [0.3, 0.4) is 0 Å². The molecule has 1 saturated carbocycles. The van der Waals surface area contributed by atoms with Crippen LogP contribution in [0.1, 0.15) is 32.1 Å². The van der Waals surface area contributed by atoms with E-state index >= 15 is 0 Å². The van der Waals surface area contributed by atoms with Crippen molar-refractivity contribution in [3.05, 3.63) is 0 Å². The molecule has 0 aromatic carbocycles. The molecule has 2 unspecified atom stereocenters. The lowest BCUT2D eigenvalue weighted by atomic mass is 9.83. The van der Waals surface area contributed by atoms with E-state index in [1.807, 2.05) is 0 Å². The molecule has 1 aliphatic rings. The standard InChI is InChI=1S/C9H19NO2S/c1-13(11,12)7-6-8-4-2-3-5-9(8)10/h8-9H,2-7,10H2,1H3. The van der Waals surface area contributed by atoms with Crippen molar-refractivity contribution < 1.29 is 8.42 Å². The van der Waals surface area contributed by atoms with Gasteiger partial charge in [-0.15, -0.1) is 0 Å². The van der Waals surface area contributed by atoms with E-state index in [0.717, 1.165) is 19.3 Å². The number of hydrogen-bond acceptors (Lipinski definition) is 3. The zero-order chi connectivity index (χ0) is 9.90. The minimum Gasteiger partial charge on any atom is -0.327 e. The van der Waals surface area contributed by atoms with Crippen LogP contribution in [0.2, 0.25) is 0 Å². The van der Waals surface area contributed by atoms with Gasteiger partial charge in [0.1, 0.15) is 9.84 Å². The molecule has 1 rings (SSSR count). The van der Waals surface area contributed by atoms with Crippen LogP contribution < -0.4 is 5.73 Å². The minimum absolute atomic E-state index is 0.232. The topological polar surface area (TPSA) is 60.2 Å². The number of sulfone groups is 1. The molecule has 0 saturated heterocycles. The molecule has 0 heterocycles. The molecule has 13 heavy (non-hydrogen) atoms. The lowest BCUT2D eigenvalue weighted by Crippen LogP contribution is -2.34. The largest absolute Gasteiger partial charge is 0.327 e. The molecule has 0 bridgehead atoms. The SMILES string of the molecule is CS(=O)(=O)CCC1CCCCC1N. The highest BCUT2D eigenvalue weighted by Crippen LogP contribution is 2.25. The lowest BCUT2D eigenvalue weighted by Gasteiger charge is -2.28. The lowest BCUT2D eigenvalue weighted by molar-refractivity contribution is 0.301. The van der Waals surface area contributed by atoms with E-state index in [2.05, 4.69) is 0 Å². The summed E-state index contributed by atoms with van der Waals surface area (Å²) in [5, 5.41) is 0. The Bertz CT molecular complexity index is 248. The Hall–Kier alpha value is -0.0900. The zero-order valence-electron chi connectivity index (χ0n) is 8.20. The Kier molecular flexibility index (Phi) is 3.74. The van der Waals surface area contributed by atoms with Crippen molar-refractivity contribution in [2.45, 2.75) is 38.1 Å². The van der Waals surface area contributed by atoms with Crippen LogP contribution in [0.4, 0.5) is 0 Å². The third kappa shape index (κ3) is 4.09. The third-order valence-electron chi connectivity index (χ3n) is 2.83. The second-order valence-electron chi connectivity index (χ2n) is 4.13. The number of nitrogens with two attached hydrogens (primary N) is 1. The molecule has 0 aliphatic heterocycles. The van der Waals surface area contributed by atoms with Crippen molar-refractivity contribution in [2.75, 3.05) is 12.0 Å². The first-order valence-electron chi connectivity index (χ1n) is 4.92. The first-order valence-corrected chi connectivity index (χ1v) is 6.98. The molecule has 1 fully saturated rings. The van der Waals surface area contributed by atoms with Crippen molar-refractivity contribution in [1.82, 2.24) is 0 Å². The van der Waals surface area contributed by atoms with Gasteiger partial charge in [0.2, 0.25) is 0 Å². The van der Waals surface area contributed by atoms with Crippen molar-refractivity contribution in [1.29, 1.82) is 0 Å². The maximum Gasteiger partial charge on any atom is 0.147 e. The Morgan fingerprint density at radius 1 is 1.31 bits per heavy atom. The van der Waals surface area contributed by atoms with Gasteiger partial charge in [-0.1, -0.05) is 12.8 Å². The van der Waals surface area contributed by atoms with Crippen molar-refractivity contribution in [2.24, 2.45) is 11.7 Å². The van der Waals surface area contributed by atoms with Gasteiger partial charge < -0.3 is 5.73 Å². The Morgan fingerprint density at radius 3 is 2.46 bits per heavy atom. The molecule has 3 nitrogen and oxygen atoms in total. The summed E-state index contributed by atoms with van der Waals surface area (Å²) in [6.45, 7) is 0. The molecule has 0 amide bonds. The summed E-state index contributed by atoms with van der Waals surface area (Å²) in [6.07, 6.45) is 6.63. The van der Waals surface area contributed by atoms with Gasteiger partial charge in [0.05, 0.1) is 5.75 Å². The van der Waals surface area contributed by atoms with Gasteiger partial charge in [-0.25, -0.2) is 8.42 Å². The van der Waals surface area contributed by atoms with E-state index < -0.39 is 9.84 Å². The highest BCUT2D eigenvalue weighted by atomic mass is 32.2. The molecule has 0 aromatic rings. The Labute approximate surface area is 80.6 Å². The summed E-state index contributed by atoms with van der Waals surface area (Å²) in [4.78, 5) is 0. The summed E-state index contributed by atoms with van der Waals surface area (Å²) in [5.74, 6) is 0.731. The van der Waals surface area contributed by atoms with Gasteiger partial charge in [-0.05, 0) is 25.2 Å². The normalized spacial score (nSPS) is 30.3. The number of hydrogen-bond donors (Lipinski definition) is 1. The van der Waals surface area contributed by atoms with Gasteiger partial charge in [-0.3, -0.25) is 0 Å². The zero-order valence-corrected chi connectivity index (χ0v) is 9.02. The third-order valence-corrected chi connectivity index (χ3v) is 3.80. The minimum atomic E-state index is -2.80. The predicted octanol–water partition coefficient (Wildman–Crippen LogP) is 0.939. The summed E-state index contributed by atoms with van der Waals surface area (Å²) in [6, 6.07) is 0.232. The van der Waals surface area contributed by atoms with E-state index in [0.29, 0.717) is 11.7 Å². The van der Waals surface area contributed by atoms with Crippen molar-refractivity contribution in [3.8, 4) is 0 Å². The number of rotatable bonds is 3. The smallest absolute Gasteiger partial charge is 0.147 e. The molecule has 2 N–H and O–H groups in total. The molecule has 0 radical (unpaired) electrons. The molecule has 4 heteroatoms. The van der Waals surface area contributed by atoms with Crippen LogP contribution >= 0.6 is 0 Å². The molecule has 1 aliphatic carbocycles. The van der Waals surface area contributed by atoms with Gasteiger partial charge >= 0.3 is 0 Å². The van der Waals surface area contributed by atoms with Gasteiger partial charge in [0, 0.05) is 12.3 Å². The summed E-state index contributed by atoms with van der Waals surface area (Å²) >= 11 is 0. The first-order chi connectivity index (χ1) is 5.99. The monoisotopic (exact) mass is 205 g/mol. The second-order valence-corrected chi connectivity index (χ2v) is 6.39. The van der Waals surface area contributed by atoms with E-state index in [9.17, 15) is 8.42 Å². The molecule has 0 aromatic heterocycles. The Balaban J connectivity index is 2.35. The highest BCUT2D eigenvalue weighted by molar-refractivity contribution is 7.90. The van der Waals surface area contributed by atoms with E-state index in [-0.39, 0.29) is 6.04 Å². The quantitative estimate of drug-likeness (QED) is 0.746. The fraction of sp³-hybridized carbons (Fsp3) is 1.00. The predicted molar refractivity (Wildman–Crippen MR) is 54.3 cm³/mol. The maximum absolute atomic E-state index is 10.9. The van der Waals surface area contributed by atoms with Crippen LogP contribution in [0, 0.1) is 5.92 Å². The van der Waals surface area contributed by atoms with E-state index in [4.69, 9.17) is 5.73 Å². The average Bonchev–Trinajstić information content (AvgIpc) is 2.01. The molecule has 78 valence electrons. The van der Waals surface area contributed by atoms with Gasteiger partial charge in [0.15, 0.2) is 0 Å². The van der Waals surface area contributed by atoms with Crippen LogP contribution in [0.5, 0.6) is 0 Å². The average molecular weight is 205 g/mol. The first kappa shape index (κ1) is 11.0. The van der Waals surface area contributed by atoms with E-state index in [1.165, 1.54) is 19.1 Å². The second kappa shape index (κ2) is 4.42. The van der Waals surface area contributed by atoms with Gasteiger partial charge in [0.25, 0.3) is 0 Å². The van der Waals surface area contributed by atoms with Crippen LogP contribution in [-0.2, 0) is 9.84 Å². The molecule has 0 spiro atoms. The van der Waals surface area contributed by atoms with Crippen LogP contribution in [-0.4, -0.2) is 26.5 Å². The maximum atomic E-state index is 10.9. The van der Waals surface area contributed by atoms with Gasteiger partial charge in [-0.2, -0.15) is 0 Å². The highest BCUT2D eigenvalue weighted by Gasteiger charge is 2.22. The van der Waals surface area contributed by atoms with Crippen molar-refractivity contribution >= 4 is 9.84 Å². The van der Waals surface area contributed by atoms with Crippen LogP contribution in [0.15, 0.2) is 0 Å². The fourth-order valence-corrected chi connectivity index (χ4v) is 2.69.